The number of carbonyl (C=O) groups is 1. The van der Waals surface area contributed by atoms with Crippen LogP contribution >= 0.6 is 0 Å². The number of aromatic nitrogens is 1. The van der Waals surface area contributed by atoms with Crippen LogP contribution in [0.4, 0.5) is 10.5 Å². The molecular formula is C26H27N3O3S. The van der Waals surface area contributed by atoms with Crippen LogP contribution in [0.3, 0.4) is 0 Å². The normalized spacial score (nSPS) is 11.5. The van der Waals surface area contributed by atoms with E-state index in [1.54, 1.807) is 6.07 Å². The summed E-state index contributed by atoms with van der Waals surface area (Å²) in [6, 6.07) is 24.5. The number of anilines is 1. The zero-order valence-electron chi connectivity index (χ0n) is 18.7. The van der Waals surface area contributed by atoms with Gasteiger partial charge in [0, 0.05) is 35.4 Å². The highest BCUT2D eigenvalue weighted by Gasteiger charge is 2.25. The van der Waals surface area contributed by atoms with Crippen molar-refractivity contribution in [3.63, 3.8) is 0 Å². The minimum atomic E-state index is -3.63. The lowest BCUT2D eigenvalue weighted by molar-refractivity contribution is 0.252. The monoisotopic (exact) mass is 461 g/mol. The van der Waals surface area contributed by atoms with E-state index in [1.165, 1.54) is 0 Å². The maximum Gasteiger partial charge on any atom is 0.319 e. The fourth-order valence-electron chi connectivity index (χ4n) is 4.06. The molecule has 0 aliphatic rings. The van der Waals surface area contributed by atoms with E-state index in [1.807, 2.05) is 91.2 Å². The molecule has 170 valence electrons. The zero-order chi connectivity index (χ0) is 23.4. The van der Waals surface area contributed by atoms with Crippen LogP contribution in [0.5, 0.6) is 0 Å². The van der Waals surface area contributed by atoms with Gasteiger partial charge in [0.05, 0.1) is 10.6 Å². The quantitative estimate of drug-likeness (QED) is 0.411. The highest BCUT2D eigenvalue weighted by atomic mass is 32.2. The minimum Gasteiger partial charge on any atom is -0.339 e. The number of carbonyl (C=O) groups excluding carboxylic acids is 1. The van der Waals surface area contributed by atoms with Crippen LogP contribution in [0.2, 0.25) is 0 Å². The second-order valence-corrected chi connectivity index (χ2v) is 10.1. The van der Waals surface area contributed by atoms with E-state index < -0.39 is 15.9 Å². The van der Waals surface area contributed by atoms with Gasteiger partial charge in [-0.2, -0.15) is 0 Å². The summed E-state index contributed by atoms with van der Waals surface area (Å²) >= 11 is 0. The van der Waals surface area contributed by atoms with Crippen LogP contribution in [0, 0.1) is 13.8 Å². The molecule has 0 aliphatic carbocycles. The van der Waals surface area contributed by atoms with E-state index in [2.05, 4.69) is 10.6 Å². The maximum absolute atomic E-state index is 13.3. The molecule has 1 aromatic heterocycles. The van der Waals surface area contributed by atoms with Crippen molar-refractivity contribution in [3.05, 3.63) is 95.7 Å². The van der Waals surface area contributed by atoms with Crippen LogP contribution in [0.15, 0.2) is 83.8 Å². The topological polar surface area (TPSA) is 80.2 Å². The Morgan fingerprint density at radius 3 is 2.39 bits per heavy atom. The number of fused-ring (bicyclic) bond motifs is 1. The number of amides is 2. The zero-order valence-corrected chi connectivity index (χ0v) is 19.5. The number of rotatable bonds is 7. The van der Waals surface area contributed by atoms with Crippen molar-refractivity contribution in [3.8, 4) is 0 Å². The largest absolute Gasteiger partial charge is 0.339 e. The van der Waals surface area contributed by atoms with Gasteiger partial charge in [0.1, 0.15) is 0 Å². The maximum atomic E-state index is 13.3. The van der Waals surface area contributed by atoms with E-state index in [0.717, 1.165) is 16.6 Å². The third-order valence-electron chi connectivity index (χ3n) is 5.60. The first-order chi connectivity index (χ1) is 15.8. The number of benzene rings is 3. The molecule has 0 spiro atoms. The molecule has 0 aliphatic heterocycles. The number of urea groups is 1. The molecule has 0 fully saturated rings. The predicted molar refractivity (Wildman–Crippen MR) is 132 cm³/mol. The van der Waals surface area contributed by atoms with Crippen LogP contribution in [0.25, 0.3) is 10.9 Å². The molecule has 4 rings (SSSR count). The Bertz CT molecular complexity index is 1390. The number of aryl methyl sites for hydroxylation is 1. The third-order valence-corrected chi connectivity index (χ3v) is 7.48. The standard InChI is InChI=1S/C26H27N3O3S/c1-19-9-8-12-22(17-19)28-26(30)27-15-16-33(31,32)25-20(2)29(18-21-10-4-3-5-11-21)24-14-7-6-13-23(24)25/h3-14,17H,15-16,18H2,1-2H3,(H2,27,28,30). The molecule has 0 unspecified atom stereocenters. The van der Waals surface area contributed by atoms with Crippen molar-refractivity contribution in [1.29, 1.82) is 0 Å². The van der Waals surface area contributed by atoms with Crippen molar-refractivity contribution < 1.29 is 13.2 Å². The Morgan fingerprint density at radius 1 is 0.909 bits per heavy atom. The average Bonchev–Trinajstić information content (AvgIpc) is 3.06. The number of nitrogens with zero attached hydrogens (tertiary/aromatic N) is 1. The van der Waals surface area contributed by atoms with E-state index in [4.69, 9.17) is 0 Å². The van der Waals surface area contributed by atoms with Gasteiger partial charge in [-0.05, 0) is 43.2 Å². The smallest absolute Gasteiger partial charge is 0.319 e. The summed E-state index contributed by atoms with van der Waals surface area (Å²) in [6.45, 7) is 4.37. The van der Waals surface area contributed by atoms with Gasteiger partial charge in [0.25, 0.3) is 0 Å². The Kier molecular flexibility index (Phi) is 6.51. The van der Waals surface area contributed by atoms with E-state index in [-0.39, 0.29) is 12.3 Å². The minimum absolute atomic E-state index is 0.0115. The lowest BCUT2D eigenvalue weighted by Gasteiger charge is -2.10. The summed E-state index contributed by atoms with van der Waals surface area (Å²) in [6.07, 6.45) is 0. The first-order valence-electron chi connectivity index (χ1n) is 10.8. The molecule has 1 heterocycles. The summed E-state index contributed by atoms with van der Waals surface area (Å²) in [5.41, 5.74) is 4.36. The van der Waals surface area contributed by atoms with Gasteiger partial charge >= 0.3 is 6.03 Å². The summed E-state index contributed by atoms with van der Waals surface area (Å²) in [5, 5.41) is 6.09. The second kappa shape index (κ2) is 9.50. The number of hydrogen-bond donors (Lipinski definition) is 2. The van der Waals surface area contributed by atoms with E-state index >= 15 is 0 Å². The van der Waals surface area contributed by atoms with E-state index in [0.29, 0.717) is 28.2 Å². The molecule has 33 heavy (non-hydrogen) atoms. The van der Waals surface area contributed by atoms with Crippen molar-refractivity contribution in [1.82, 2.24) is 9.88 Å². The highest BCUT2D eigenvalue weighted by Crippen LogP contribution is 2.31. The van der Waals surface area contributed by atoms with Gasteiger partial charge in [0.15, 0.2) is 9.84 Å². The summed E-state index contributed by atoms with van der Waals surface area (Å²) in [4.78, 5) is 12.5. The Balaban J connectivity index is 1.52. The van der Waals surface area contributed by atoms with Crippen LogP contribution in [-0.2, 0) is 16.4 Å². The fraction of sp³-hybridized carbons (Fsp3) is 0.192. The highest BCUT2D eigenvalue weighted by molar-refractivity contribution is 7.91. The third kappa shape index (κ3) is 5.09. The molecule has 0 bridgehead atoms. The first-order valence-corrected chi connectivity index (χ1v) is 12.5. The van der Waals surface area contributed by atoms with Crippen molar-refractivity contribution in [2.45, 2.75) is 25.3 Å². The molecule has 7 heteroatoms. The van der Waals surface area contributed by atoms with Gasteiger partial charge in [-0.3, -0.25) is 0 Å². The molecule has 0 atom stereocenters. The molecule has 0 saturated heterocycles. The Hall–Kier alpha value is -3.58. The Morgan fingerprint density at radius 2 is 1.64 bits per heavy atom. The van der Waals surface area contributed by atoms with Gasteiger partial charge in [-0.15, -0.1) is 0 Å². The number of nitrogens with one attached hydrogen (secondary N) is 2. The SMILES string of the molecule is Cc1cccc(NC(=O)NCCS(=O)(=O)c2c(C)n(Cc3ccccc3)c3ccccc23)c1. The lowest BCUT2D eigenvalue weighted by Crippen LogP contribution is -2.33. The fourth-order valence-corrected chi connectivity index (χ4v) is 5.70. The number of para-hydroxylation sites is 1. The summed E-state index contributed by atoms with van der Waals surface area (Å²) < 4.78 is 28.7. The molecule has 4 aromatic rings. The van der Waals surface area contributed by atoms with Crippen LogP contribution in [-0.4, -0.2) is 31.3 Å². The van der Waals surface area contributed by atoms with Crippen molar-refractivity contribution in [2.75, 3.05) is 17.6 Å². The van der Waals surface area contributed by atoms with Gasteiger partial charge in [0.2, 0.25) is 0 Å². The lowest BCUT2D eigenvalue weighted by atomic mass is 10.2. The molecule has 2 N–H and O–H groups in total. The van der Waals surface area contributed by atoms with Gasteiger partial charge < -0.3 is 15.2 Å². The van der Waals surface area contributed by atoms with Crippen molar-refractivity contribution in [2.24, 2.45) is 0 Å². The summed E-state index contributed by atoms with van der Waals surface area (Å²) in [7, 11) is -3.63. The van der Waals surface area contributed by atoms with Crippen LogP contribution in [0.1, 0.15) is 16.8 Å². The predicted octanol–water partition coefficient (Wildman–Crippen LogP) is 4.90. The molecule has 2 amide bonds. The molecule has 0 saturated carbocycles. The van der Waals surface area contributed by atoms with E-state index in [9.17, 15) is 13.2 Å². The second-order valence-electron chi connectivity index (χ2n) is 8.07. The summed E-state index contributed by atoms with van der Waals surface area (Å²) in [5.74, 6) is -0.186. The molecular weight excluding hydrogens is 434 g/mol. The van der Waals surface area contributed by atoms with Crippen molar-refractivity contribution >= 4 is 32.5 Å². The average molecular weight is 462 g/mol. The Labute approximate surface area is 194 Å². The first kappa shape index (κ1) is 22.6. The van der Waals surface area contributed by atoms with Crippen LogP contribution < -0.4 is 10.6 Å². The number of hydrogen-bond acceptors (Lipinski definition) is 3. The van der Waals surface area contributed by atoms with Gasteiger partial charge in [-0.1, -0.05) is 60.7 Å². The van der Waals surface area contributed by atoms with Gasteiger partial charge in [-0.25, -0.2) is 13.2 Å². The molecule has 0 radical (unpaired) electrons. The molecule has 3 aromatic carbocycles. The number of sulfone groups is 1. The molecule has 6 nitrogen and oxygen atoms in total.